The fraction of sp³-hybridized carbons (Fsp3) is 0.350. The van der Waals surface area contributed by atoms with Gasteiger partial charge in [0.2, 0.25) is 5.91 Å². The highest BCUT2D eigenvalue weighted by atomic mass is 35.5. The summed E-state index contributed by atoms with van der Waals surface area (Å²) in [6.45, 7) is 7.43. The van der Waals surface area contributed by atoms with Crippen LogP contribution in [-0.2, 0) is 11.3 Å². The lowest BCUT2D eigenvalue weighted by molar-refractivity contribution is -0.129. The number of nitrogens with one attached hydrogen (secondary N) is 1. The first-order valence-electron chi connectivity index (χ1n) is 9.30. The van der Waals surface area contributed by atoms with Crippen LogP contribution in [0.2, 0.25) is 10.0 Å². The number of carbonyl (C=O) groups excluding carboxylic acids is 2. The van der Waals surface area contributed by atoms with E-state index in [0.29, 0.717) is 34.6 Å². The van der Waals surface area contributed by atoms with Crippen molar-refractivity contribution < 1.29 is 9.59 Å². The summed E-state index contributed by atoms with van der Waals surface area (Å²) in [5.74, 6) is -0.355. The van der Waals surface area contributed by atoms with Gasteiger partial charge in [0.15, 0.2) is 0 Å². The fourth-order valence-electron chi connectivity index (χ4n) is 3.07. The molecule has 0 aliphatic heterocycles. The number of thiophene rings is 1. The van der Waals surface area contributed by atoms with Gasteiger partial charge in [0, 0.05) is 28.5 Å². The second-order valence-corrected chi connectivity index (χ2v) is 8.43. The fourth-order valence-corrected chi connectivity index (χ4v) is 4.62. The summed E-state index contributed by atoms with van der Waals surface area (Å²) in [4.78, 5) is 27.8. The van der Waals surface area contributed by atoms with Gasteiger partial charge in [-0.3, -0.25) is 14.3 Å². The molecule has 0 unspecified atom stereocenters. The molecule has 2 heterocycles. The van der Waals surface area contributed by atoms with Crippen LogP contribution in [-0.4, -0.2) is 46.1 Å². The average molecular weight is 453 g/mol. The van der Waals surface area contributed by atoms with Gasteiger partial charge in [0.1, 0.15) is 4.83 Å². The monoisotopic (exact) mass is 452 g/mol. The Bertz CT molecular complexity index is 1060. The lowest BCUT2D eigenvalue weighted by Crippen LogP contribution is -2.39. The Morgan fingerprint density at radius 2 is 1.93 bits per heavy atom. The zero-order chi connectivity index (χ0) is 21.1. The predicted octanol–water partition coefficient (Wildman–Crippen LogP) is 4.36. The third-order valence-corrected chi connectivity index (χ3v) is 6.42. The van der Waals surface area contributed by atoms with Crippen LogP contribution < -0.4 is 5.32 Å². The second-order valence-electron chi connectivity index (χ2n) is 6.56. The summed E-state index contributed by atoms with van der Waals surface area (Å²) in [6.07, 6.45) is 0. The normalized spacial score (nSPS) is 11.1. The average Bonchev–Trinajstić information content (AvgIpc) is 3.24. The summed E-state index contributed by atoms with van der Waals surface area (Å²) < 4.78 is 1.84. The van der Waals surface area contributed by atoms with Crippen LogP contribution in [0.5, 0.6) is 0 Å². The lowest BCUT2D eigenvalue weighted by atomic mass is 10.2. The molecule has 0 saturated carbocycles. The van der Waals surface area contributed by atoms with Gasteiger partial charge >= 0.3 is 0 Å². The van der Waals surface area contributed by atoms with Crippen LogP contribution in [0, 0.1) is 6.92 Å². The maximum Gasteiger partial charge on any atom is 0.261 e. The van der Waals surface area contributed by atoms with E-state index in [1.165, 1.54) is 11.3 Å². The maximum atomic E-state index is 12.6. The molecule has 29 heavy (non-hydrogen) atoms. The molecule has 3 rings (SSSR count). The van der Waals surface area contributed by atoms with E-state index in [-0.39, 0.29) is 18.4 Å². The number of amides is 2. The number of hydrogen-bond acceptors (Lipinski definition) is 4. The minimum Gasteiger partial charge on any atom is -0.342 e. The Morgan fingerprint density at radius 3 is 2.59 bits per heavy atom. The predicted molar refractivity (Wildman–Crippen MR) is 118 cm³/mol. The molecule has 1 N–H and O–H groups in total. The molecule has 1 aromatic carbocycles. The Hall–Kier alpha value is -2.09. The zero-order valence-electron chi connectivity index (χ0n) is 16.5. The molecule has 154 valence electrons. The number of benzene rings is 1. The highest BCUT2D eigenvalue weighted by Crippen LogP contribution is 2.30. The Labute approximate surface area is 183 Å². The van der Waals surface area contributed by atoms with Crippen LogP contribution in [0.4, 0.5) is 0 Å². The lowest BCUT2D eigenvalue weighted by Gasteiger charge is -2.18. The van der Waals surface area contributed by atoms with E-state index in [1.807, 2.05) is 37.6 Å². The van der Waals surface area contributed by atoms with Crippen molar-refractivity contribution in [1.82, 2.24) is 20.0 Å². The van der Waals surface area contributed by atoms with Crippen LogP contribution in [0.15, 0.2) is 24.3 Å². The highest BCUT2D eigenvalue weighted by Gasteiger charge is 2.18. The third-order valence-electron chi connectivity index (χ3n) is 4.68. The minimum atomic E-state index is -0.262. The molecule has 9 heteroatoms. The summed E-state index contributed by atoms with van der Waals surface area (Å²) in [6, 6.07) is 7.18. The smallest absolute Gasteiger partial charge is 0.261 e. The molecule has 2 amide bonds. The molecule has 0 bridgehead atoms. The topological polar surface area (TPSA) is 67.2 Å². The van der Waals surface area contributed by atoms with Gasteiger partial charge < -0.3 is 10.2 Å². The van der Waals surface area contributed by atoms with Gasteiger partial charge in [0.25, 0.3) is 5.91 Å². The standard InChI is InChI=1S/C20H22Cl2N4O2S/c1-4-25(5-2)18(27)10-23-19(28)17-9-15-12(3)24-26(20(15)29-17)11-13-6-7-14(21)8-16(13)22/h6-9H,4-5,10-11H2,1-3H3,(H,23,28). The summed E-state index contributed by atoms with van der Waals surface area (Å²) in [5, 5.41) is 9.36. The number of rotatable bonds is 7. The van der Waals surface area contributed by atoms with Crippen LogP contribution in [0.25, 0.3) is 10.2 Å². The second kappa shape index (κ2) is 9.15. The Balaban J connectivity index is 1.79. The number of aromatic nitrogens is 2. The summed E-state index contributed by atoms with van der Waals surface area (Å²) in [7, 11) is 0. The van der Waals surface area contributed by atoms with E-state index >= 15 is 0 Å². The van der Waals surface area contributed by atoms with E-state index in [9.17, 15) is 9.59 Å². The van der Waals surface area contributed by atoms with Crippen molar-refractivity contribution >= 4 is 56.6 Å². The molecule has 0 atom stereocenters. The van der Waals surface area contributed by atoms with E-state index < -0.39 is 0 Å². The molecule has 0 radical (unpaired) electrons. The molecule has 0 aliphatic rings. The van der Waals surface area contributed by atoms with E-state index in [4.69, 9.17) is 23.2 Å². The first-order chi connectivity index (χ1) is 13.8. The van der Waals surface area contributed by atoms with Crippen molar-refractivity contribution in [1.29, 1.82) is 0 Å². The first kappa shape index (κ1) is 21.6. The van der Waals surface area contributed by atoms with Gasteiger partial charge in [-0.05, 0) is 44.5 Å². The largest absolute Gasteiger partial charge is 0.342 e. The van der Waals surface area contributed by atoms with Gasteiger partial charge in [-0.2, -0.15) is 5.10 Å². The highest BCUT2D eigenvalue weighted by molar-refractivity contribution is 7.20. The first-order valence-corrected chi connectivity index (χ1v) is 10.9. The van der Waals surface area contributed by atoms with Crippen molar-refractivity contribution in [3.05, 3.63) is 50.4 Å². The molecule has 0 aliphatic carbocycles. The summed E-state index contributed by atoms with van der Waals surface area (Å²) in [5.41, 5.74) is 1.73. The number of halogens is 2. The number of nitrogens with zero attached hydrogens (tertiary/aromatic N) is 3. The number of aryl methyl sites for hydroxylation is 1. The van der Waals surface area contributed by atoms with E-state index in [0.717, 1.165) is 21.5 Å². The molecular weight excluding hydrogens is 431 g/mol. The number of fused-ring (bicyclic) bond motifs is 1. The Morgan fingerprint density at radius 1 is 1.21 bits per heavy atom. The van der Waals surface area contributed by atoms with Crippen LogP contribution in [0.1, 0.15) is 34.8 Å². The molecule has 0 saturated heterocycles. The zero-order valence-corrected chi connectivity index (χ0v) is 18.8. The quantitative estimate of drug-likeness (QED) is 0.578. The van der Waals surface area contributed by atoms with Gasteiger partial charge in [-0.25, -0.2) is 0 Å². The summed E-state index contributed by atoms with van der Waals surface area (Å²) >= 11 is 13.6. The minimum absolute atomic E-state index is 0.0136. The molecule has 0 spiro atoms. The van der Waals surface area contributed by atoms with Gasteiger partial charge in [-0.1, -0.05) is 29.3 Å². The van der Waals surface area contributed by atoms with Gasteiger partial charge in [0.05, 0.1) is 23.7 Å². The molecular formula is C20H22Cl2N4O2S. The molecule has 0 fully saturated rings. The maximum absolute atomic E-state index is 12.6. The van der Waals surface area contributed by atoms with Gasteiger partial charge in [-0.15, -0.1) is 11.3 Å². The van der Waals surface area contributed by atoms with Crippen LogP contribution in [0.3, 0.4) is 0 Å². The number of likely N-dealkylation sites (N-methyl/N-ethyl adjacent to an activating group) is 1. The number of hydrogen-bond donors (Lipinski definition) is 1. The molecule has 6 nitrogen and oxygen atoms in total. The third kappa shape index (κ3) is 4.74. The Kier molecular flexibility index (Phi) is 6.82. The molecule has 2 aromatic heterocycles. The number of carbonyl (C=O) groups is 2. The van der Waals surface area contributed by atoms with Crippen molar-refractivity contribution in [2.75, 3.05) is 19.6 Å². The van der Waals surface area contributed by atoms with E-state index in [1.54, 1.807) is 17.0 Å². The van der Waals surface area contributed by atoms with Crippen molar-refractivity contribution in [2.45, 2.75) is 27.3 Å². The van der Waals surface area contributed by atoms with Crippen molar-refractivity contribution in [2.24, 2.45) is 0 Å². The van der Waals surface area contributed by atoms with Crippen molar-refractivity contribution in [3.8, 4) is 0 Å². The van der Waals surface area contributed by atoms with Crippen LogP contribution >= 0.6 is 34.5 Å². The SMILES string of the molecule is CCN(CC)C(=O)CNC(=O)c1cc2c(C)nn(Cc3ccc(Cl)cc3Cl)c2s1. The van der Waals surface area contributed by atoms with E-state index in [2.05, 4.69) is 10.4 Å². The van der Waals surface area contributed by atoms with Crippen molar-refractivity contribution in [3.63, 3.8) is 0 Å². The molecule has 3 aromatic rings.